The monoisotopic (exact) mass is 422 g/mol. The number of hydrogen-bond acceptors (Lipinski definition) is 3. The molecular formula is C24H27ClN4O. The van der Waals surface area contributed by atoms with Gasteiger partial charge in [-0.15, -0.1) is 12.4 Å². The highest BCUT2D eigenvalue weighted by Crippen LogP contribution is 2.24. The van der Waals surface area contributed by atoms with Crippen molar-refractivity contribution in [3.8, 4) is 16.9 Å². The first-order chi connectivity index (χ1) is 14.2. The van der Waals surface area contributed by atoms with Crippen molar-refractivity contribution >= 4 is 18.3 Å². The second-order valence-electron chi connectivity index (χ2n) is 7.22. The third-order valence-electron chi connectivity index (χ3n) is 5.25. The van der Waals surface area contributed by atoms with Crippen molar-refractivity contribution in [1.82, 2.24) is 20.4 Å². The van der Waals surface area contributed by atoms with E-state index in [9.17, 15) is 4.79 Å². The van der Waals surface area contributed by atoms with Crippen molar-refractivity contribution in [2.45, 2.75) is 19.8 Å². The predicted octanol–water partition coefficient (Wildman–Crippen LogP) is 4.17. The van der Waals surface area contributed by atoms with Crippen LogP contribution in [0, 0.1) is 0 Å². The molecule has 1 aromatic heterocycles. The lowest BCUT2D eigenvalue weighted by atomic mass is 10.0. The topological polar surface area (TPSA) is 59.0 Å². The molecule has 0 aliphatic carbocycles. The zero-order valence-electron chi connectivity index (χ0n) is 17.1. The summed E-state index contributed by atoms with van der Waals surface area (Å²) in [5.74, 6) is -0.0961. The summed E-state index contributed by atoms with van der Waals surface area (Å²) >= 11 is 0. The summed E-state index contributed by atoms with van der Waals surface area (Å²) in [5, 5.41) is 11.1. The first kappa shape index (κ1) is 21.8. The average Bonchev–Trinajstić information content (AvgIpc) is 3.24. The van der Waals surface area contributed by atoms with Crippen LogP contribution in [0.15, 0.2) is 72.4 Å². The molecule has 2 N–H and O–H groups in total. The zero-order chi connectivity index (χ0) is 20.1. The van der Waals surface area contributed by atoms with E-state index in [0.717, 1.165) is 37.2 Å². The fraction of sp³-hybridized carbons (Fsp3) is 0.250. The third kappa shape index (κ3) is 4.99. The number of nitrogens with zero attached hydrogens (tertiary/aromatic N) is 2. The minimum absolute atomic E-state index is 0. The number of hydrogen-bond donors (Lipinski definition) is 2. The van der Waals surface area contributed by atoms with Gasteiger partial charge in [-0.25, -0.2) is 4.68 Å². The number of amides is 1. The molecule has 1 amide bonds. The second kappa shape index (κ2) is 10.2. The SMILES string of the molecule is CCc1ccc(-c2nn(-c3ccccc3)cc2C(=O)NCC2=CCNCC2)cc1.Cl. The van der Waals surface area contributed by atoms with Crippen molar-refractivity contribution in [2.24, 2.45) is 0 Å². The van der Waals surface area contributed by atoms with Gasteiger partial charge >= 0.3 is 0 Å². The maximum absolute atomic E-state index is 13.0. The van der Waals surface area contributed by atoms with Gasteiger partial charge in [-0.2, -0.15) is 5.10 Å². The van der Waals surface area contributed by atoms with Crippen LogP contribution in [0.4, 0.5) is 0 Å². The summed E-state index contributed by atoms with van der Waals surface area (Å²) in [5.41, 5.74) is 5.70. The van der Waals surface area contributed by atoms with E-state index < -0.39 is 0 Å². The van der Waals surface area contributed by atoms with Crippen molar-refractivity contribution in [2.75, 3.05) is 19.6 Å². The van der Waals surface area contributed by atoms with Gasteiger partial charge < -0.3 is 10.6 Å². The number of para-hydroxylation sites is 1. The third-order valence-corrected chi connectivity index (χ3v) is 5.25. The van der Waals surface area contributed by atoms with Gasteiger partial charge in [0.15, 0.2) is 0 Å². The smallest absolute Gasteiger partial charge is 0.255 e. The van der Waals surface area contributed by atoms with Crippen LogP contribution < -0.4 is 10.6 Å². The van der Waals surface area contributed by atoms with Crippen LogP contribution >= 0.6 is 12.4 Å². The Kier molecular flexibility index (Phi) is 7.44. The highest BCUT2D eigenvalue weighted by molar-refractivity contribution is 6.00. The largest absolute Gasteiger partial charge is 0.348 e. The molecule has 0 fully saturated rings. The molecule has 0 unspecified atom stereocenters. The Labute approximate surface area is 183 Å². The van der Waals surface area contributed by atoms with Crippen LogP contribution in [0.1, 0.15) is 29.3 Å². The van der Waals surface area contributed by atoms with Gasteiger partial charge in [-0.3, -0.25) is 4.79 Å². The van der Waals surface area contributed by atoms with Crippen LogP contribution in [-0.2, 0) is 6.42 Å². The molecule has 0 atom stereocenters. The maximum Gasteiger partial charge on any atom is 0.255 e. The Morgan fingerprint density at radius 3 is 2.57 bits per heavy atom. The van der Waals surface area contributed by atoms with Gasteiger partial charge in [0.2, 0.25) is 0 Å². The van der Waals surface area contributed by atoms with Crippen molar-refractivity contribution < 1.29 is 4.79 Å². The second-order valence-corrected chi connectivity index (χ2v) is 7.22. The van der Waals surface area contributed by atoms with Crippen molar-refractivity contribution in [1.29, 1.82) is 0 Å². The number of aryl methyl sites for hydroxylation is 1. The number of nitrogens with one attached hydrogen (secondary N) is 2. The van der Waals surface area contributed by atoms with E-state index >= 15 is 0 Å². The average molecular weight is 423 g/mol. The lowest BCUT2D eigenvalue weighted by Gasteiger charge is -2.14. The molecule has 156 valence electrons. The van der Waals surface area contributed by atoms with Crippen LogP contribution in [0.5, 0.6) is 0 Å². The molecule has 2 heterocycles. The van der Waals surface area contributed by atoms with Gasteiger partial charge in [-0.05, 0) is 37.1 Å². The van der Waals surface area contributed by atoms with Crippen LogP contribution in [0.3, 0.4) is 0 Å². The maximum atomic E-state index is 13.0. The number of benzene rings is 2. The van der Waals surface area contributed by atoms with Gasteiger partial charge in [0.1, 0.15) is 5.69 Å². The molecule has 0 saturated carbocycles. The molecule has 2 aromatic carbocycles. The van der Waals surface area contributed by atoms with Crippen molar-refractivity contribution in [3.63, 3.8) is 0 Å². The number of carbonyl (C=O) groups is 1. The Balaban J connectivity index is 0.00000256. The Morgan fingerprint density at radius 2 is 1.90 bits per heavy atom. The van der Waals surface area contributed by atoms with Crippen LogP contribution in [0.2, 0.25) is 0 Å². The fourth-order valence-corrected chi connectivity index (χ4v) is 3.48. The summed E-state index contributed by atoms with van der Waals surface area (Å²) in [7, 11) is 0. The molecule has 5 nitrogen and oxygen atoms in total. The molecular weight excluding hydrogens is 396 g/mol. The predicted molar refractivity (Wildman–Crippen MR) is 124 cm³/mol. The Morgan fingerprint density at radius 1 is 1.13 bits per heavy atom. The molecule has 0 radical (unpaired) electrons. The molecule has 6 heteroatoms. The van der Waals surface area contributed by atoms with E-state index in [-0.39, 0.29) is 18.3 Å². The summed E-state index contributed by atoms with van der Waals surface area (Å²) in [6, 6.07) is 18.2. The lowest BCUT2D eigenvalue weighted by molar-refractivity contribution is 0.0957. The lowest BCUT2D eigenvalue weighted by Crippen LogP contribution is -2.29. The summed E-state index contributed by atoms with van der Waals surface area (Å²) in [4.78, 5) is 13.0. The van der Waals surface area contributed by atoms with Crippen molar-refractivity contribution in [3.05, 3.63) is 83.6 Å². The van der Waals surface area contributed by atoms with Gasteiger partial charge in [0, 0.05) is 24.8 Å². The Hall–Kier alpha value is -2.89. The van der Waals surface area contributed by atoms with Gasteiger partial charge in [0.25, 0.3) is 5.91 Å². The number of halogens is 1. The summed E-state index contributed by atoms with van der Waals surface area (Å²) < 4.78 is 1.78. The molecule has 0 spiro atoms. The first-order valence-corrected chi connectivity index (χ1v) is 10.2. The van der Waals surface area contributed by atoms with Gasteiger partial charge in [-0.1, -0.05) is 61.0 Å². The van der Waals surface area contributed by atoms with E-state index in [1.54, 1.807) is 4.68 Å². The molecule has 3 aromatic rings. The standard InChI is InChI=1S/C24H26N4O.ClH/c1-2-18-8-10-20(11-9-18)23-22(17-28(27-23)21-6-4-3-5-7-21)24(29)26-16-19-12-14-25-15-13-19;/h3-12,17,25H,2,13-16H2,1H3,(H,26,29);1H. The number of aromatic nitrogens is 2. The molecule has 0 bridgehead atoms. The molecule has 0 saturated heterocycles. The normalized spacial score (nSPS) is 13.3. The number of carbonyl (C=O) groups excluding carboxylic acids is 1. The fourth-order valence-electron chi connectivity index (χ4n) is 3.48. The molecule has 1 aliphatic rings. The van der Waals surface area contributed by atoms with E-state index in [2.05, 4.69) is 35.8 Å². The van der Waals surface area contributed by atoms with E-state index in [1.807, 2.05) is 48.7 Å². The highest BCUT2D eigenvalue weighted by Gasteiger charge is 2.19. The van der Waals surface area contributed by atoms with Gasteiger partial charge in [0.05, 0.1) is 11.3 Å². The van der Waals surface area contributed by atoms with Crippen LogP contribution in [-0.4, -0.2) is 35.3 Å². The zero-order valence-corrected chi connectivity index (χ0v) is 17.9. The quantitative estimate of drug-likeness (QED) is 0.586. The summed E-state index contributed by atoms with van der Waals surface area (Å²) in [6.45, 7) is 4.54. The Bertz CT molecular complexity index is 1010. The molecule has 4 rings (SSSR count). The van der Waals surface area contributed by atoms with Crippen LogP contribution in [0.25, 0.3) is 16.9 Å². The van der Waals surface area contributed by atoms with E-state index in [1.165, 1.54) is 11.1 Å². The minimum Gasteiger partial charge on any atom is -0.348 e. The summed E-state index contributed by atoms with van der Waals surface area (Å²) in [6.07, 6.45) is 5.93. The van der Waals surface area contributed by atoms with E-state index in [0.29, 0.717) is 17.8 Å². The minimum atomic E-state index is -0.0961. The number of rotatable bonds is 6. The molecule has 1 aliphatic heterocycles. The first-order valence-electron chi connectivity index (χ1n) is 10.2. The highest BCUT2D eigenvalue weighted by atomic mass is 35.5. The van der Waals surface area contributed by atoms with E-state index in [4.69, 9.17) is 5.10 Å². The molecule has 30 heavy (non-hydrogen) atoms.